The lowest BCUT2D eigenvalue weighted by Crippen LogP contribution is -2.06. The van der Waals surface area contributed by atoms with Gasteiger partial charge < -0.3 is 4.74 Å². The zero-order valence-corrected chi connectivity index (χ0v) is 32.0. The smallest absolute Gasteiger partial charge is 0.306 e. The lowest BCUT2D eigenvalue weighted by molar-refractivity contribution is -0.142. The standard InChI is InChI=1S/C44H76O2/c1-9-10-11-12-13-14-15-16-17-18-19-36-44(45)46-37-43(8)35-25-34-42(7)33-24-31-40(5)28-21-20-27-39(4)30-23-32-41(6)29-22-26-38(2)3/h26-28,32-33,35H,9-25,29-31,34,36-37H2,1-8H3/b39-27+,40-28+,41-32+,42-33+,43-35+. The van der Waals surface area contributed by atoms with E-state index in [1.807, 2.05) is 0 Å². The summed E-state index contributed by atoms with van der Waals surface area (Å²) in [6.45, 7) is 18.2. The Morgan fingerprint density at radius 3 is 1.17 bits per heavy atom. The van der Waals surface area contributed by atoms with E-state index in [1.54, 1.807) is 0 Å². The van der Waals surface area contributed by atoms with Gasteiger partial charge in [0.15, 0.2) is 0 Å². The van der Waals surface area contributed by atoms with Gasteiger partial charge in [-0.3, -0.25) is 4.79 Å². The highest BCUT2D eigenvalue weighted by Gasteiger charge is 2.03. The van der Waals surface area contributed by atoms with Crippen LogP contribution in [0.5, 0.6) is 0 Å². The Kier molecular flexibility index (Phi) is 30.1. The highest BCUT2D eigenvalue weighted by molar-refractivity contribution is 5.69. The van der Waals surface area contributed by atoms with Gasteiger partial charge in [0.1, 0.15) is 6.61 Å². The van der Waals surface area contributed by atoms with E-state index in [0.29, 0.717) is 13.0 Å². The minimum absolute atomic E-state index is 0.0430. The van der Waals surface area contributed by atoms with Gasteiger partial charge in [-0.05, 0) is 125 Å². The SMILES string of the molecule is CCCCCCCCCCCCCC(=O)OC/C(C)=C/CC/C(C)=C/CC/C(C)=C/CC/C=C(\C)CC/C=C(\C)CCC=C(C)C. The number of hydrogen-bond donors (Lipinski definition) is 0. The van der Waals surface area contributed by atoms with E-state index in [1.165, 1.54) is 98.5 Å². The van der Waals surface area contributed by atoms with Gasteiger partial charge in [0.25, 0.3) is 0 Å². The molecule has 0 spiro atoms. The molecule has 0 amide bonds. The van der Waals surface area contributed by atoms with Gasteiger partial charge in [-0.2, -0.15) is 0 Å². The molecule has 0 aliphatic rings. The molecule has 0 bridgehead atoms. The van der Waals surface area contributed by atoms with Crippen LogP contribution in [0.1, 0.15) is 197 Å². The second-order valence-electron chi connectivity index (χ2n) is 14.2. The Labute approximate surface area is 288 Å². The molecule has 0 radical (unpaired) electrons. The van der Waals surface area contributed by atoms with Crippen molar-refractivity contribution in [3.63, 3.8) is 0 Å². The minimum atomic E-state index is -0.0430. The molecule has 46 heavy (non-hydrogen) atoms. The summed E-state index contributed by atoms with van der Waals surface area (Å²) in [4.78, 5) is 12.1. The Hall–Kier alpha value is -2.09. The Balaban J connectivity index is 3.96. The molecule has 0 aromatic rings. The van der Waals surface area contributed by atoms with Crippen molar-refractivity contribution in [3.05, 3.63) is 69.9 Å². The first-order chi connectivity index (χ1) is 22.1. The molecule has 0 saturated carbocycles. The van der Waals surface area contributed by atoms with Gasteiger partial charge >= 0.3 is 5.97 Å². The largest absolute Gasteiger partial charge is 0.461 e. The molecule has 0 unspecified atom stereocenters. The third kappa shape index (κ3) is 31.9. The molecule has 0 N–H and O–H groups in total. The monoisotopic (exact) mass is 637 g/mol. The molecule has 0 saturated heterocycles. The lowest BCUT2D eigenvalue weighted by atomic mass is 10.0. The number of esters is 1. The topological polar surface area (TPSA) is 26.3 Å². The highest BCUT2D eigenvalue weighted by atomic mass is 16.5. The second kappa shape index (κ2) is 31.5. The van der Waals surface area contributed by atoms with E-state index in [4.69, 9.17) is 4.74 Å². The minimum Gasteiger partial charge on any atom is -0.461 e. The van der Waals surface area contributed by atoms with Crippen molar-refractivity contribution >= 4 is 5.97 Å². The predicted molar refractivity (Wildman–Crippen MR) is 206 cm³/mol. The van der Waals surface area contributed by atoms with Crippen molar-refractivity contribution in [3.8, 4) is 0 Å². The number of unbranched alkanes of at least 4 members (excludes halogenated alkanes) is 11. The molecule has 2 heteroatoms. The normalized spacial score (nSPS) is 13.3. The van der Waals surface area contributed by atoms with Crippen LogP contribution < -0.4 is 0 Å². The molecule has 0 aromatic heterocycles. The molecular formula is C44H76O2. The Bertz CT molecular complexity index is 948. The quantitative estimate of drug-likeness (QED) is 0.0464. The molecule has 0 aliphatic heterocycles. The summed E-state index contributed by atoms with van der Waals surface area (Å²) in [6.07, 6.45) is 40.4. The van der Waals surface area contributed by atoms with Crippen molar-refractivity contribution in [1.82, 2.24) is 0 Å². The van der Waals surface area contributed by atoms with Gasteiger partial charge in [0, 0.05) is 6.42 Å². The summed E-state index contributed by atoms with van der Waals surface area (Å²) in [5.41, 5.74) is 8.55. The molecule has 0 aromatic carbocycles. The summed E-state index contributed by atoms with van der Waals surface area (Å²) in [5.74, 6) is -0.0430. The van der Waals surface area contributed by atoms with E-state index in [-0.39, 0.29) is 5.97 Å². The van der Waals surface area contributed by atoms with E-state index in [9.17, 15) is 4.79 Å². The van der Waals surface area contributed by atoms with Crippen LogP contribution in [0.2, 0.25) is 0 Å². The Morgan fingerprint density at radius 2 is 0.761 bits per heavy atom. The number of allylic oxidation sites excluding steroid dienone is 11. The van der Waals surface area contributed by atoms with Crippen LogP contribution >= 0.6 is 0 Å². The lowest BCUT2D eigenvalue weighted by Gasteiger charge is -2.06. The summed E-state index contributed by atoms with van der Waals surface area (Å²) in [7, 11) is 0. The predicted octanol–water partition coefficient (Wildman–Crippen LogP) is 14.8. The summed E-state index contributed by atoms with van der Waals surface area (Å²) in [5, 5.41) is 0. The average Bonchev–Trinajstić information content (AvgIpc) is 3.00. The highest BCUT2D eigenvalue weighted by Crippen LogP contribution is 2.16. The van der Waals surface area contributed by atoms with Gasteiger partial charge in [-0.25, -0.2) is 0 Å². The van der Waals surface area contributed by atoms with Crippen LogP contribution in [-0.4, -0.2) is 12.6 Å². The van der Waals surface area contributed by atoms with Crippen molar-refractivity contribution in [2.75, 3.05) is 6.61 Å². The number of carbonyl (C=O) groups excluding carboxylic acids is 1. The van der Waals surface area contributed by atoms with Crippen molar-refractivity contribution < 1.29 is 9.53 Å². The first-order valence-electron chi connectivity index (χ1n) is 19.2. The van der Waals surface area contributed by atoms with Gasteiger partial charge in [0.05, 0.1) is 0 Å². The molecule has 2 nitrogen and oxygen atoms in total. The van der Waals surface area contributed by atoms with Gasteiger partial charge in [0.2, 0.25) is 0 Å². The van der Waals surface area contributed by atoms with E-state index < -0.39 is 0 Å². The fraction of sp³-hybridized carbons (Fsp3) is 0.705. The number of rotatable bonds is 29. The van der Waals surface area contributed by atoms with Crippen LogP contribution in [0.25, 0.3) is 0 Å². The van der Waals surface area contributed by atoms with E-state index >= 15 is 0 Å². The van der Waals surface area contributed by atoms with Crippen LogP contribution in [0, 0.1) is 0 Å². The fourth-order valence-electron chi connectivity index (χ4n) is 5.55. The Morgan fingerprint density at radius 1 is 0.413 bits per heavy atom. The number of carbonyl (C=O) groups is 1. The number of hydrogen-bond acceptors (Lipinski definition) is 2. The third-order valence-corrected chi connectivity index (χ3v) is 8.78. The summed E-state index contributed by atoms with van der Waals surface area (Å²) >= 11 is 0. The molecule has 264 valence electrons. The maximum absolute atomic E-state index is 12.1. The summed E-state index contributed by atoms with van der Waals surface area (Å²) < 4.78 is 5.51. The summed E-state index contributed by atoms with van der Waals surface area (Å²) in [6, 6.07) is 0. The van der Waals surface area contributed by atoms with Crippen LogP contribution in [0.4, 0.5) is 0 Å². The van der Waals surface area contributed by atoms with Crippen molar-refractivity contribution in [2.45, 2.75) is 197 Å². The maximum Gasteiger partial charge on any atom is 0.306 e. The van der Waals surface area contributed by atoms with Crippen LogP contribution in [-0.2, 0) is 9.53 Å². The first kappa shape index (κ1) is 43.9. The molecule has 0 rings (SSSR count). The van der Waals surface area contributed by atoms with Gasteiger partial charge in [-0.1, -0.05) is 135 Å². The molecular weight excluding hydrogens is 560 g/mol. The van der Waals surface area contributed by atoms with Crippen molar-refractivity contribution in [1.29, 1.82) is 0 Å². The average molecular weight is 637 g/mol. The van der Waals surface area contributed by atoms with Gasteiger partial charge in [-0.15, -0.1) is 0 Å². The van der Waals surface area contributed by atoms with Crippen molar-refractivity contribution in [2.24, 2.45) is 0 Å². The van der Waals surface area contributed by atoms with Crippen LogP contribution in [0.15, 0.2) is 69.9 Å². The maximum atomic E-state index is 12.1. The fourth-order valence-corrected chi connectivity index (χ4v) is 5.55. The third-order valence-electron chi connectivity index (χ3n) is 8.78. The van der Waals surface area contributed by atoms with E-state index in [0.717, 1.165) is 69.8 Å². The number of ether oxygens (including phenoxy) is 1. The molecule has 0 aliphatic carbocycles. The molecule has 0 fully saturated rings. The zero-order chi connectivity index (χ0) is 34.3. The molecule has 0 atom stereocenters. The zero-order valence-electron chi connectivity index (χ0n) is 32.0. The molecule has 0 heterocycles. The van der Waals surface area contributed by atoms with E-state index in [2.05, 4.69) is 91.8 Å². The first-order valence-corrected chi connectivity index (χ1v) is 19.2. The van der Waals surface area contributed by atoms with Crippen LogP contribution in [0.3, 0.4) is 0 Å². The second-order valence-corrected chi connectivity index (χ2v) is 14.2.